The van der Waals surface area contributed by atoms with Gasteiger partial charge < -0.3 is 15.3 Å². The minimum atomic E-state index is -0.948. The predicted molar refractivity (Wildman–Crippen MR) is 149 cm³/mol. The minimum Gasteiger partial charge on any atom is -0.481 e. The Morgan fingerprint density at radius 1 is 1.14 bits per heavy atom. The van der Waals surface area contributed by atoms with Gasteiger partial charge in [0.15, 0.2) is 0 Å². The number of hydrogen-bond donors (Lipinski definition) is 2. The van der Waals surface area contributed by atoms with E-state index in [0.29, 0.717) is 21.2 Å². The summed E-state index contributed by atoms with van der Waals surface area (Å²) in [5, 5.41) is 14.0. The van der Waals surface area contributed by atoms with Crippen LogP contribution in [0.1, 0.15) is 53.1 Å². The molecule has 190 valence electrons. The highest BCUT2D eigenvalue weighted by Crippen LogP contribution is 2.38. The van der Waals surface area contributed by atoms with Crippen LogP contribution in [0.4, 0.5) is 5.82 Å². The highest BCUT2D eigenvalue weighted by molar-refractivity contribution is 9.10. The first-order valence-electron chi connectivity index (χ1n) is 11.7. The summed E-state index contributed by atoms with van der Waals surface area (Å²) in [4.78, 5) is 32.1. The summed E-state index contributed by atoms with van der Waals surface area (Å²) in [7, 11) is 0. The molecule has 0 radical (unpaired) electrons. The van der Waals surface area contributed by atoms with Crippen molar-refractivity contribution in [2.24, 2.45) is 0 Å². The molecule has 6 nitrogen and oxygen atoms in total. The van der Waals surface area contributed by atoms with Gasteiger partial charge >= 0.3 is 5.97 Å². The smallest absolute Gasteiger partial charge is 0.303 e. The number of benzene rings is 2. The maximum atomic E-state index is 13.7. The lowest BCUT2D eigenvalue weighted by Gasteiger charge is -2.23. The van der Waals surface area contributed by atoms with E-state index in [4.69, 9.17) is 39.8 Å². The van der Waals surface area contributed by atoms with Gasteiger partial charge in [-0.05, 0) is 62.1 Å². The number of carboxylic acid groups (broad SMARTS) is 1. The van der Waals surface area contributed by atoms with Gasteiger partial charge in [-0.1, -0.05) is 50.7 Å². The van der Waals surface area contributed by atoms with E-state index < -0.39 is 11.9 Å². The molecule has 1 aliphatic rings. The lowest BCUT2D eigenvalue weighted by atomic mass is 9.93. The number of aliphatic carboxylic acids is 1. The molecule has 0 unspecified atom stereocenters. The molecular formula is C26H25BrCl3N3O3. The molecule has 1 saturated heterocycles. The lowest BCUT2D eigenvalue weighted by molar-refractivity contribution is -0.137. The standard InChI is InChI=1S/C26H25BrCl3N3O3/c1-14-22(17-12-16(27)5-8-20(17)32-25(14)33-10-2-3-11-33)26(36)31-13-15(4-9-21(34)35)23-18(28)6-7-19(29)24(23)30/h5-8,12,15H,2-4,9-11,13H2,1H3,(H,31,36)(H,34,35)/t15-/m0/s1. The molecule has 1 aromatic heterocycles. The average molecular weight is 614 g/mol. The Morgan fingerprint density at radius 2 is 1.83 bits per heavy atom. The van der Waals surface area contributed by atoms with Crippen LogP contribution in [0.3, 0.4) is 0 Å². The molecule has 10 heteroatoms. The van der Waals surface area contributed by atoms with Crippen molar-refractivity contribution in [1.82, 2.24) is 10.3 Å². The fraction of sp³-hybridized carbons (Fsp3) is 0.346. The number of rotatable bonds is 8. The quantitative estimate of drug-likeness (QED) is 0.262. The Balaban J connectivity index is 1.70. The van der Waals surface area contributed by atoms with Gasteiger partial charge in [0.05, 0.1) is 21.1 Å². The fourth-order valence-electron chi connectivity index (χ4n) is 4.71. The van der Waals surface area contributed by atoms with Crippen LogP contribution in [0.15, 0.2) is 34.8 Å². The van der Waals surface area contributed by atoms with E-state index in [1.807, 2.05) is 25.1 Å². The van der Waals surface area contributed by atoms with Crippen LogP contribution in [0.25, 0.3) is 10.9 Å². The number of halogens is 4. The van der Waals surface area contributed by atoms with Crippen LogP contribution in [-0.2, 0) is 4.79 Å². The number of anilines is 1. The number of carbonyl (C=O) groups is 2. The summed E-state index contributed by atoms with van der Waals surface area (Å²) >= 11 is 22.6. The van der Waals surface area contributed by atoms with Crippen LogP contribution >= 0.6 is 50.7 Å². The SMILES string of the molecule is Cc1c(N2CCCC2)nc2ccc(Br)cc2c1C(=O)NC[C@H](CCC(=O)O)c1c(Cl)ccc(Cl)c1Cl. The third kappa shape index (κ3) is 5.75. The average Bonchev–Trinajstić information content (AvgIpc) is 3.37. The van der Waals surface area contributed by atoms with E-state index >= 15 is 0 Å². The molecule has 0 bridgehead atoms. The van der Waals surface area contributed by atoms with Gasteiger partial charge in [-0.25, -0.2) is 4.98 Å². The molecule has 1 amide bonds. The van der Waals surface area contributed by atoms with Crippen molar-refractivity contribution in [3.8, 4) is 0 Å². The third-order valence-corrected chi connectivity index (χ3v) is 8.14. The van der Waals surface area contributed by atoms with Crippen LogP contribution in [0.2, 0.25) is 15.1 Å². The number of carboxylic acids is 1. The van der Waals surface area contributed by atoms with Crippen molar-refractivity contribution in [1.29, 1.82) is 0 Å². The van der Waals surface area contributed by atoms with Gasteiger partial charge in [0, 0.05) is 52.4 Å². The topological polar surface area (TPSA) is 82.5 Å². The molecule has 2 aromatic carbocycles. The number of carbonyl (C=O) groups excluding carboxylic acids is 1. The molecular weight excluding hydrogens is 589 g/mol. The number of pyridine rings is 1. The van der Waals surface area contributed by atoms with E-state index in [1.54, 1.807) is 12.1 Å². The first-order chi connectivity index (χ1) is 17.2. The highest BCUT2D eigenvalue weighted by Gasteiger charge is 2.26. The monoisotopic (exact) mass is 611 g/mol. The molecule has 0 saturated carbocycles. The summed E-state index contributed by atoms with van der Waals surface area (Å²) in [6, 6.07) is 8.92. The molecule has 36 heavy (non-hydrogen) atoms. The number of hydrogen-bond acceptors (Lipinski definition) is 4. The maximum Gasteiger partial charge on any atom is 0.303 e. The van der Waals surface area contributed by atoms with Crippen molar-refractivity contribution in [3.63, 3.8) is 0 Å². The summed E-state index contributed by atoms with van der Waals surface area (Å²) in [6.45, 7) is 3.87. The number of nitrogens with one attached hydrogen (secondary N) is 1. The number of nitrogens with zero attached hydrogens (tertiary/aromatic N) is 2. The zero-order chi connectivity index (χ0) is 26.0. The molecule has 1 atom stereocenters. The minimum absolute atomic E-state index is 0.108. The van der Waals surface area contributed by atoms with Crippen molar-refractivity contribution < 1.29 is 14.7 Å². The Kier molecular flexibility index (Phi) is 8.66. The highest BCUT2D eigenvalue weighted by atomic mass is 79.9. The Labute approximate surface area is 233 Å². The number of amides is 1. The van der Waals surface area contributed by atoms with Gasteiger partial charge in [0.2, 0.25) is 0 Å². The Morgan fingerprint density at radius 3 is 2.53 bits per heavy atom. The maximum absolute atomic E-state index is 13.7. The molecule has 1 aliphatic heterocycles. The molecule has 2 N–H and O–H groups in total. The first kappa shape index (κ1) is 27.0. The second-order valence-electron chi connectivity index (χ2n) is 8.89. The molecule has 2 heterocycles. The molecule has 1 fully saturated rings. The van der Waals surface area contributed by atoms with Gasteiger partial charge in [0.1, 0.15) is 5.82 Å². The predicted octanol–water partition coefficient (Wildman–Crippen LogP) is 7.24. The second kappa shape index (κ2) is 11.5. The van der Waals surface area contributed by atoms with E-state index in [0.717, 1.165) is 52.7 Å². The lowest BCUT2D eigenvalue weighted by Crippen LogP contribution is -2.31. The third-order valence-electron chi connectivity index (χ3n) is 6.50. The molecule has 4 rings (SSSR count). The number of aromatic nitrogens is 1. The summed E-state index contributed by atoms with van der Waals surface area (Å²) in [5.41, 5.74) is 2.62. The Bertz CT molecular complexity index is 1330. The molecule has 0 aliphatic carbocycles. The van der Waals surface area contributed by atoms with Gasteiger partial charge in [-0.3, -0.25) is 9.59 Å². The van der Waals surface area contributed by atoms with Crippen LogP contribution in [0, 0.1) is 6.92 Å². The molecule has 0 spiro atoms. The van der Waals surface area contributed by atoms with Crippen molar-refractivity contribution in [2.45, 2.75) is 38.5 Å². The zero-order valence-corrected chi connectivity index (χ0v) is 23.4. The van der Waals surface area contributed by atoms with Crippen molar-refractivity contribution in [3.05, 3.63) is 66.6 Å². The molecule has 3 aromatic rings. The van der Waals surface area contributed by atoms with Crippen molar-refractivity contribution in [2.75, 3.05) is 24.5 Å². The largest absolute Gasteiger partial charge is 0.481 e. The fourth-order valence-corrected chi connectivity index (χ4v) is 5.92. The summed E-state index contributed by atoms with van der Waals surface area (Å²) < 4.78 is 0.844. The van der Waals surface area contributed by atoms with E-state index in [2.05, 4.69) is 26.1 Å². The van der Waals surface area contributed by atoms with E-state index in [9.17, 15) is 14.7 Å². The van der Waals surface area contributed by atoms with Gasteiger partial charge in [-0.15, -0.1) is 0 Å². The normalized spacial score (nSPS) is 14.3. The summed E-state index contributed by atoms with van der Waals surface area (Å²) in [5.74, 6) is -0.845. The van der Waals surface area contributed by atoms with Crippen LogP contribution in [-0.4, -0.2) is 41.6 Å². The first-order valence-corrected chi connectivity index (χ1v) is 13.6. The summed E-state index contributed by atoms with van der Waals surface area (Å²) in [6.07, 6.45) is 2.31. The van der Waals surface area contributed by atoms with E-state index in [-0.39, 0.29) is 30.3 Å². The second-order valence-corrected chi connectivity index (χ2v) is 11.0. The van der Waals surface area contributed by atoms with Crippen LogP contribution < -0.4 is 10.2 Å². The van der Waals surface area contributed by atoms with Gasteiger partial charge in [-0.2, -0.15) is 0 Å². The number of fused-ring (bicyclic) bond motifs is 1. The zero-order valence-electron chi connectivity index (χ0n) is 19.6. The van der Waals surface area contributed by atoms with Crippen molar-refractivity contribution >= 4 is 79.3 Å². The van der Waals surface area contributed by atoms with Gasteiger partial charge in [0.25, 0.3) is 5.91 Å². The van der Waals surface area contributed by atoms with E-state index in [1.165, 1.54) is 0 Å². The Hall–Kier alpha value is -2.06. The van der Waals surface area contributed by atoms with Crippen LogP contribution in [0.5, 0.6) is 0 Å².